The Bertz CT molecular complexity index is 814. The summed E-state index contributed by atoms with van der Waals surface area (Å²) in [6.07, 6.45) is 0. The summed E-state index contributed by atoms with van der Waals surface area (Å²) in [6, 6.07) is 8.13. The van der Waals surface area contributed by atoms with Gasteiger partial charge in [0.15, 0.2) is 0 Å². The van der Waals surface area contributed by atoms with Crippen molar-refractivity contribution in [1.29, 1.82) is 0 Å². The monoisotopic (exact) mass is 395 g/mol. The van der Waals surface area contributed by atoms with E-state index in [0.29, 0.717) is 5.69 Å². The number of benzene rings is 1. The maximum atomic E-state index is 12.6. The van der Waals surface area contributed by atoms with Gasteiger partial charge in [0.25, 0.3) is 0 Å². The van der Waals surface area contributed by atoms with Gasteiger partial charge in [-0.05, 0) is 60.8 Å². The van der Waals surface area contributed by atoms with Gasteiger partial charge in [-0.15, -0.1) is 0 Å². The van der Waals surface area contributed by atoms with Crippen LogP contribution in [0, 0.1) is 5.92 Å². The van der Waals surface area contributed by atoms with E-state index in [9.17, 15) is 13.2 Å². The minimum Gasteiger partial charge on any atom is -0.326 e. The van der Waals surface area contributed by atoms with E-state index < -0.39 is 10.0 Å². The average Bonchev–Trinajstić information content (AvgIpc) is 3.09. The van der Waals surface area contributed by atoms with E-state index >= 15 is 0 Å². The van der Waals surface area contributed by atoms with Crippen molar-refractivity contribution in [2.24, 2.45) is 5.92 Å². The molecule has 1 aromatic heterocycles. The predicted molar refractivity (Wildman–Crippen MR) is 106 cm³/mol. The van der Waals surface area contributed by atoms with Gasteiger partial charge in [0.2, 0.25) is 15.9 Å². The molecule has 0 aliphatic carbocycles. The number of thiophene rings is 1. The highest BCUT2D eigenvalue weighted by atomic mass is 32.2. The quantitative estimate of drug-likeness (QED) is 0.720. The summed E-state index contributed by atoms with van der Waals surface area (Å²) >= 11 is 1.58. The number of rotatable bonds is 8. The van der Waals surface area contributed by atoms with Gasteiger partial charge in [0, 0.05) is 24.2 Å². The topological polar surface area (TPSA) is 78.5 Å². The van der Waals surface area contributed by atoms with Crippen LogP contribution in [0.5, 0.6) is 0 Å². The van der Waals surface area contributed by atoms with Gasteiger partial charge >= 0.3 is 0 Å². The van der Waals surface area contributed by atoms with Crippen molar-refractivity contribution in [2.45, 2.75) is 24.8 Å². The molecule has 0 unspecified atom stereocenters. The number of nitrogens with one attached hydrogen (secondary N) is 2. The third-order valence-electron chi connectivity index (χ3n) is 3.97. The first-order valence-electron chi connectivity index (χ1n) is 8.30. The zero-order valence-corrected chi connectivity index (χ0v) is 17.0. The van der Waals surface area contributed by atoms with Gasteiger partial charge in [-0.25, -0.2) is 13.1 Å². The molecule has 0 saturated carbocycles. The highest BCUT2D eigenvalue weighted by Crippen LogP contribution is 2.21. The summed E-state index contributed by atoms with van der Waals surface area (Å²) in [4.78, 5) is 13.9. The number of carbonyl (C=O) groups is 1. The lowest BCUT2D eigenvalue weighted by Crippen LogP contribution is -2.34. The molecule has 2 N–H and O–H groups in total. The summed E-state index contributed by atoms with van der Waals surface area (Å²) < 4.78 is 27.8. The van der Waals surface area contributed by atoms with Crippen molar-refractivity contribution in [2.75, 3.05) is 26.0 Å². The van der Waals surface area contributed by atoms with E-state index in [1.807, 2.05) is 35.8 Å². The number of hydrogen-bond acceptors (Lipinski definition) is 5. The van der Waals surface area contributed by atoms with Crippen LogP contribution in [0.3, 0.4) is 0 Å². The van der Waals surface area contributed by atoms with Crippen LogP contribution in [0.1, 0.15) is 25.5 Å². The van der Waals surface area contributed by atoms with Gasteiger partial charge in [0.1, 0.15) is 0 Å². The Labute approximate surface area is 159 Å². The van der Waals surface area contributed by atoms with Gasteiger partial charge < -0.3 is 10.2 Å². The summed E-state index contributed by atoms with van der Waals surface area (Å²) in [5, 5.41) is 6.74. The zero-order valence-electron chi connectivity index (χ0n) is 15.4. The Morgan fingerprint density at radius 1 is 1.15 bits per heavy atom. The van der Waals surface area contributed by atoms with Crippen LogP contribution >= 0.6 is 11.3 Å². The van der Waals surface area contributed by atoms with Crippen molar-refractivity contribution in [3.63, 3.8) is 0 Å². The summed E-state index contributed by atoms with van der Waals surface area (Å²) in [7, 11) is 0.211. The predicted octanol–water partition coefficient (Wildman–Crippen LogP) is 2.92. The van der Waals surface area contributed by atoms with Crippen LogP contribution in [-0.4, -0.2) is 39.9 Å². The average molecular weight is 396 g/mol. The van der Waals surface area contributed by atoms with E-state index in [1.165, 1.54) is 12.1 Å². The Kier molecular flexibility index (Phi) is 6.94. The van der Waals surface area contributed by atoms with Gasteiger partial charge in [0.05, 0.1) is 4.90 Å². The molecule has 6 nitrogen and oxygen atoms in total. The maximum Gasteiger partial charge on any atom is 0.240 e. The van der Waals surface area contributed by atoms with Crippen molar-refractivity contribution < 1.29 is 13.2 Å². The van der Waals surface area contributed by atoms with Crippen LogP contribution in [0.2, 0.25) is 0 Å². The van der Waals surface area contributed by atoms with Crippen molar-refractivity contribution >= 4 is 33.0 Å². The van der Waals surface area contributed by atoms with Gasteiger partial charge in [-0.1, -0.05) is 13.8 Å². The number of hydrogen-bond donors (Lipinski definition) is 2. The highest BCUT2D eigenvalue weighted by molar-refractivity contribution is 7.89. The van der Waals surface area contributed by atoms with Crippen LogP contribution in [0.25, 0.3) is 0 Å². The molecule has 26 heavy (non-hydrogen) atoms. The molecule has 0 aliphatic heterocycles. The van der Waals surface area contributed by atoms with Gasteiger partial charge in [-0.3, -0.25) is 4.79 Å². The Balaban J connectivity index is 2.06. The smallest absolute Gasteiger partial charge is 0.240 e. The molecule has 0 saturated heterocycles. The molecule has 1 amide bonds. The Hall–Kier alpha value is -1.74. The Morgan fingerprint density at radius 3 is 2.31 bits per heavy atom. The normalized spacial score (nSPS) is 13.2. The van der Waals surface area contributed by atoms with E-state index in [4.69, 9.17) is 0 Å². The van der Waals surface area contributed by atoms with E-state index in [0.717, 1.165) is 5.56 Å². The highest BCUT2D eigenvalue weighted by Gasteiger charge is 2.20. The van der Waals surface area contributed by atoms with Crippen molar-refractivity contribution in [3.8, 4) is 0 Å². The summed E-state index contributed by atoms with van der Waals surface area (Å²) in [5.74, 6) is -0.247. The second kappa shape index (κ2) is 8.77. The number of nitrogens with zero attached hydrogens (tertiary/aromatic N) is 1. The maximum absolute atomic E-state index is 12.6. The first-order valence-corrected chi connectivity index (χ1v) is 10.7. The van der Waals surface area contributed by atoms with Crippen LogP contribution in [0.15, 0.2) is 46.0 Å². The molecule has 1 aromatic carbocycles. The molecular formula is C18H25N3O3S2. The van der Waals surface area contributed by atoms with Crippen LogP contribution in [0.4, 0.5) is 5.69 Å². The minimum atomic E-state index is -3.63. The van der Waals surface area contributed by atoms with Crippen LogP contribution in [-0.2, 0) is 14.8 Å². The lowest BCUT2D eigenvalue weighted by atomic mass is 10.1. The lowest BCUT2D eigenvalue weighted by molar-refractivity contribution is -0.118. The lowest BCUT2D eigenvalue weighted by Gasteiger charge is -2.24. The molecule has 142 valence electrons. The van der Waals surface area contributed by atoms with E-state index in [1.54, 1.807) is 37.3 Å². The first kappa shape index (κ1) is 20.6. The molecule has 0 bridgehead atoms. The number of anilines is 1. The fourth-order valence-corrected chi connectivity index (χ4v) is 4.08. The molecule has 2 rings (SSSR count). The number of carbonyl (C=O) groups excluding carboxylic acids is 1. The number of sulfonamides is 1. The molecule has 8 heteroatoms. The molecule has 2 aromatic rings. The largest absolute Gasteiger partial charge is 0.326 e. The second-order valence-corrected chi connectivity index (χ2v) is 9.10. The molecular weight excluding hydrogens is 370 g/mol. The number of amides is 1. The fraction of sp³-hybridized carbons (Fsp3) is 0.389. The third-order valence-corrected chi connectivity index (χ3v) is 6.12. The molecule has 1 heterocycles. The standard InChI is InChI=1S/C18H25N3O3S2/c1-13(2)18(22)20-15-5-7-16(8-6-15)26(23,24)19-11-17(21(3)4)14-9-10-25-12-14/h5-10,12-13,17,19H,11H2,1-4H3,(H,20,22)/t17-/m0/s1. The van der Waals surface area contributed by atoms with Crippen molar-refractivity contribution in [3.05, 3.63) is 46.7 Å². The van der Waals surface area contributed by atoms with Crippen molar-refractivity contribution in [1.82, 2.24) is 9.62 Å². The SMILES string of the molecule is CC(C)C(=O)Nc1ccc(S(=O)(=O)NC[C@@H](c2ccsc2)N(C)C)cc1. The Morgan fingerprint density at radius 2 is 1.81 bits per heavy atom. The third kappa shape index (κ3) is 5.38. The fourth-order valence-electron chi connectivity index (χ4n) is 2.34. The van der Waals surface area contributed by atoms with E-state index in [-0.39, 0.29) is 29.3 Å². The molecule has 0 radical (unpaired) electrons. The molecule has 0 fully saturated rings. The second-order valence-electron chi connectivity index (χ2n) is 6.56. The van der Waals surface area contributed by atoms with Crippen LogP contribution < -0.4 is 10.0 Å². The number of likely N-dealkylation sites (N-methyl/N-ethyl adjacent to an activating group) is 1. The summed E-state index contributed by atoms with van der Waals surface area (Å²) in [6.45, 7) is 3.87. The van der Waals surface area contributed by atoms with E-state index in [2.05, 4.69) is 10.0 Å². The minimum absolute atomic E-state index is 0.0411. The van der Waals surface area contributed by atoms with Gasteiger partial charge in [-0.2, -0.15) is 11.3 Å². The molecule has 0 spiro atoms. The molecule has 1 atom stereocenters. The zero-order chi connectivity index (χ0) is 19.3. The molecule has 0 aliphatic rings. The first-order chi connectivity index (χ1) is 12.2. The summed E-state index contributed by atoms with van der Waals surface area (Å²) in [5.41, 5.74) is 1.65.